The third-order valence-electron chi connectivity index (χ3n) is 5.23. The van der Waals surface area contributed by atoms with E-state index in [0.29, 0.717) is 19.2 Å². The second-order valence-electron chi connectivity index (χ2n) is 7.63. The van der Waals surface area contributed by atoms with Crippen LogP contribution in [0.5, 0.6) is 0 Å². The molecule has 31 heavy (non-hydrogen) atoms. The van der Waals surface area contributed by atoms with E-state index in [1.165, 1.54) is 6.07 Å². The Morgan fingerprint density at radius 3 is 2.29 bits per heavy atom. The summed E-state index contributed by atoms with van der Waals surface area (Å²) in [5, 5.41) is 9.19. The lowest BCUT2D eigenvalue weighted by Crippen LogP contribution is -2.45. The average molecular weight is 432 g/mol. The normalized spacial score (nSPS) is 19.1. The van der Waals surface area contributed by atoms with Crippen molar-refractivity contribution in [2.24, 2.45) is 0 Å². The number of hydrogen-bond donors (Lipinski definition) is 1. The van der Waals surface area contributed by atoms with Crippen molar-refractivity contribution in [3.05, 3.63) is 69.8 Å². The fourth-order valence-corrected chi connectivity index (χ4v) is 3.98. The summed E-state index contributed by atoms with van der Waals surface area (Å²) in [6.45, 7) is 4.50. The van der Waals surface area contributed by atoms with Crippen LogP contribution < -0.4 is 10.3 Å². The Morgan fingerprint density at radius 1 is 1.03 bits per heavy atom. The van der Waals surface area contributed by atoms with Gasteiger partial charge in [-0.15, -0.1) is 0 Å². The van der Waals surface area contributed by atoms with Gasteiger partial charge in [-0.25, -0.2) is 18.0 Å². The standard InChI is InChI=1S/C22H19F3N2O4/c1-11-8-26(9-12(2)31-11)20-7-19-14(6-17(20)25)21(28)15(22(29)30)10-27(19)18-4-3-13(23)5-16(18)24/h3-7,10-12H,8-9H2,1-2H3,(H,29,30). The van der Waals surface area contributed by atoms with E-state index in [1.54, 1.807) is 4.90 Å². The minimum Gasteiger partial charge on any atom is -0.477 e. The van der Waals surface area contributed by atoms with Gasteiger partial charge in [-0.05, 0) is 38.1 Å². The van der Waals surface area contributed by atoms with Gasteiger partial charge in [-0.2, -0.15) is 0 Å². The van der Waals surface area contributed by atoms with Crippen molar-refractivity contribution in [1.29, 1.82) is 0 Å². The zero-order valence-electron chi connectivity index (χ0n) is 16.7. The summed E-state index contributed by atoms with van der Waals surface area (Å²) in [5.74, 6) is -4.02. The highest BCUT2D eigenvalue weighted by Gasteiger charge is 2.26. The van der Waals surface area contributed by atoms with Crippen LogP contribution in [0.25, 0.3) is 16.6 Å². The summed E-state index contributed by atoms with van der Waals surface area (Å²) in [6.07, 6.45) is 0.644. The van der Waals surface area contributed by atoms with Crippen molar-refractivity contribution in [3.63, 3.8) is 0 Å². The smallest absolute Gasteiger partial charge is 0.341 e. The van der Waals surface area contributed by atoms with Crippen LogP contribution in [0.1, 0.15) is 24.2 Å². The van der Waals surface area contributed by atoms with Crippen molar-refractivity contribution in [1.82, 2.24) is 4.57 Å². The molecule has 6 nitrogen and oxygen atoms in total. The molecule has 4 rings (SSSR count). The van der Waals surface area contributed by atoms with Gasteiger partial charge in [0.15, 0.2) is 0 Å². The number of benzene rings is 2. The van der Waals surface area contributed by atoms with E-state index in [9.17, 15) is 23.5 Å². The van der Waals surface area contributed by atoms with Gasteiger partial charge in [0.25, 0.3) is 0 Å². The number of rotatable bonds is 3. The molecule has 0 amide bonds. The lowest BCUT2D eigenvalue weighted by molar-refractivity contribution is -0.00539. The Balaban J connectivity index is 2.02. The molecule has 2 atom stereocenters. The Hall–Kier alpha value is -3.33. The summed E-state index contributed by atoms with van der Waals surface area (Å²) >= 11 is 0. The molecule has 0 aliphatic carbocycles. The Morgan fingerprint density at radius 2 is 1.68 bits per heavy atom. The number of fused-ring (bicyclic) bond motifs is 1. The largest absolute Gasteiger partial charge is 0.477 e. The first kappa shape index (κ1) is 20.9. The molecule has 1 saturated heterocycles. The molecule has 1 fully saturated rings. The van der Waals surface area contributed by atoms with Crippen molar-refractivity contribution < 1.29 is 27.8 Å². The highest BCUT2D eigenvalue weighted by atomic mass is 19.1. The molecule has 2 unspecified atom stereocenters. The summed E-state index contributed by atoms with van der Waals surface area (Å²) in [6, 6.07) is 5.13. The van der Waals surface area contributed by atoms with Crippen LogP contribution in [0.3, 0.4) is 0 Å². The van der Waals surface area contributed by atoms with E-state index in [0.717, 1.165) is 29.0 Å². The maximum absolute atomic E-state index is 15.0. The van der Waals surface area contributed by atoms with Crippen LogP contribution in [0.4, 0.5) is 18.9 Å². The molecular formula is C22H19F3N2O4. The lowest BCUT2D eigenvalue weighted by atomic mass is 10.1. The number of carbonyl (C=O) groups is 1. The Labute approximate surface area is 175 Å². The number of carboxylic acids is 1. The number of morpholine rings is 1. The molecule has 0 radical (unpaired) electrons. The summed E-state index contributed by atoms with van der Waals surface area (Å²) in [4.78, 5) is 26.0. The van der Waals surface area contributed by atoms with Gasteiger partial charge in [-0.1, -0.05) is 0 Å². The van der Waals surface area contributed by atoms with E-state index in [4.69, 9.17) is 4.74 Å². The average Bonchev–Trinajstić information content (AvgIpc) is 2.68. The maximum atomic E-state index is 15.0. The quantitative estimate of drug-likeness (QED) is 0.683. The molecule has 9 heteroatoms. The van der Waals surface area contributed by atoms with E-state index in [2.05, 4.69) is 0 Å². The van der Waals surface area contributed by atoms with Crippen molar-refractivity contribution >= 4 is 22.6 Å². The molecular weight excluding hydrogens is 413 g/mol. The molecule has 1 aliphatic rings. The molecule has 3 aromatic rings. The third-order valence-corrected chi connectivity index (χ3v) is 5.23. The van der Waals surface area contributed by atoms with E-state index in [1.807, 2.05) is 13.8 Å². The zero-order chi connectivity index (χ0) is 22.4. The van der Waals surface area contributed by atoms with Crippen LogP contribution in [0.2, 0.25) is 0 Å². The number of aromatic carboxylic acids is 1. The van der Waals surface area contributed by atoms with Crippen molar-refractivity contribution in [2.45, 2.75) is 26.1 Å². The van der Waals surface area contributed by atoms with Gasteiger partial charge in [0.1, 0.15) is 23.0 Å². The molecule has 2 aromatic carbocycles. The molecule has 1 aromatic heterocycles. The lowest BCUT2D eigenvalue weighted by Gasteiger charge is -2.37. The number of aromatic nitrogens is 1. The van der Waals surface area contributed by atoms with Crippen LogP contribution >= 0.6 is 0 Å². The summed E-state index contributed by atoms with van der Waals surface area (Å²) in [5.41, 5.74) is -1.44. The van der Waals surface area contributed by atoms with Gasteiger partial charge in [0, 0.05) is 30.7 Å². The van der Waals surface area contributed by atoms with Crippen molar-refractivity contribution in [3.8, 4) is 5.69 Å². The first-order valence-corrected chi connectivity index (χ1v) is 9.63. The van der Waals surface area contributed by atoms with E-state index < -0.39 is 34.4 Å². The number of anilines is 1. The van der Waals surface area contributed by atoms with Gasteiger partial charge in [-0.3, -0.25) is 4.79 Å². The number of nitrogens with zero attached hydrogens (tertiary/aromatic N) is 2. The first-order valence-electron chi connectivity index (χ1n) is 9.63. The molecule has 0 bridgehead atoms. The number of pyridine rings is 1. The fraction of sp³-hybridized carbons (Fsp3) is 0.273. The monoisotopic (exact) mass is 432 g/mol. The minimum atomic E-state index is -1.54. The van der Waals surface area contributed by atoms with Gasteiger partial charge in [0.05, 0.1) is 29.1 Å². The second-order valence-corrected chi connectivity index (χ2v) is 7.63. The number of ether oxygens (including phenoxy) is 1. The van der Waals surface area contributed by atoms with Crippen LogP contribution in [0.15, 0.2) is 41.3 Å². The highest BCUT2D eigenvalue weighted by molar-refractivity contribution is 5.94. The predicted molar refractivity (Wildman–Crippen MR) is 109 cm³/mol. The predicted octanol–water partition coefficient (Wildman–Crippen LogP) is 3.72. The minimum absolute atomic E-state index is 0.101. The van der Waals surface area contributed by atoms with Crippen LogP contribution in [0, 0.1) is 17.5 Å². The third kappa shape index (κ3) is 3.76. The van der Waals surface area contributed by atoms with Gasteiger partial charge >= 0.3 is 5.97 Å². The Bertz CT molecular complexity index is 1250. The number of carboxylic acid groups (broad SMARTS) is 1. The summed E-state index contributed by atoms with van der Waals surface area (Å²) in [7, 11) is 0. The zero-order valence-corrected chi connectivity index (χ0v) is 16.7. The first-order chi connectivity index (χ1) is 14.7. The van der Waals surface area contributed by atoms with Crippen molar-refractivity contribution in [2.75, 3.05) is 18.0 Å². The molecule has 1 N–H and O–H groups in total. The van der Waals surface area contributed by atoms with Gasteiger partial charge < -0.3 is 19.3 Å². The number of halogens is 3. The van der Waals surface area contributed by atoms with Crippen LogP contribution in [-0.4, -0.2) is 40.9 Å². The van der Waals surface area contributed by atoms with E-state index in [-0.39, 0.29) is 34.5 Å². The maximum Gasteiger partial charge on any atom is 0.341 e. The fourth-order valence-electron chi connectivity index (χ4n) is 3.98. The molecule has 1 aliphatic heterocycles. The number of hydrogen-bond acceptors (Lipinski definition) is 4. The topological polar surface area (TPSA) is 71.8 Å². The molecule has 2 heterocycles. The summed E-state index contributed by atoms with van der Waals surface area (Å²) < 4.78 is 49.8. The second kappa shape index (κ2) is 7.73. The van der Waals surface area contributed by atoms with E-state index >= 15 is 4.39 Å². The van der Waals surface area contributed by atoms with Gasteiger partial charge in [0.2, 0.25) is 5.43 Å². The molecule has 0 saturated carbocycles. The highest BCUT2D eigenvalue weighted by Crippen LogP contribution is 2.29. The SMILES string of the molecule is CC1CN(c2cc3c(cc2F)c(=O)c(C(=O)O)cn3-c2ccc(F)cc2F)CC(C)O1. The molecule has 162 valence electrons. The molecule has 0 spiro atoms. The van der Waals surface area contributed by atoms with Crippen LogP contribution in [-0.2, 0) is 4.74 Å². The Kier molecular flexibility index (Phi) is 5.22.